The van der Waals surface area contributed by atoms with Crippen LogP contribution < -0.4 is 4.74 Å². The second kappa shape index (κ2) is 2.72. The van der Waals surface area contributed by atoms with Gasteiger partial charge < -0.3 is 9.72 Å². The highest BCUT2D eigenvalue weighted by Gasteiger charge is 2.06. The van der Waals surface area contributed by atoms with Crippen molar-refractivity contribution in [3.63, 3.8) is 0 Å². The Labute approximate surface area is 84.5 Å². The lowest BCUT2D eigenvalue weighted by molar-refractivity contribution is 0.415. The van der Waals surface area contributed by atoms with Crippen LogP contribution in [0.5, 0.6) is 5.75 Å². The highest BCUT2D eigenvalue weighted by Crippen LogP contribution is 2.29. The molecular weight excluding hydrogens is 196 g/mol. The zero-order valence-electron chi connectivity index (χ0n) is 7.57. The number of rotatable bonds is 1. The predicted octanol–water partition coefficient (Wildman–Crippen LogP) is 2.79. The van der Waals surface area contributed by atoms with Gasteiger partial charge in [-0.1, -0.05) is 0 Å². The van der Waals surface area contributed by atoms with Crippen molar-refractivity contribution in [1.82, 2.24) is 9.36 Å². The summed E-state index contributed by atoms with van der Waals surface area (Å²) in [6.07, 6.45) is 1.89. The predicted molar refractivity (Wildman–Crippen MR) is 58.0 cm³/mol. The van der Waals surface area contributed by atoms with Crippen LogP contribution in [0.2, 0.25) is 0 Å². The van der Waals surface area contributed by atoms with Gasteiger partial charge in [0.05, 0.1) is 13.3 Å². The first kappa shape index (κ1) is 7.82. The van der Waals surface area contributed by atoms with Crippen molar-refractivity contribution >= 4 is 32.7 Å². The summed E-state index contributed by atoms with van der Waals surface area (Å²) >= 11 is 1.48. The van der Waals surface area contributed by atoms with E-state index in [-0.39, 0.29) is 0 Å². The van der Waals surface area contributed by atoms with Crippen LogP contribution >= 0.6 is 11.5 Å². The normalized spacial score (nSPS) is 11.2. The molecule has 70 valence electrons. The van der Waals surface area contributed by atoms with Crippen molar-refractivity contribution in [2.24, 2.45) is 0 Å². The minimum absolute atomic E-state index is 0.879. The molecule has 2 aromatic heterocycles. The quantitative estimate of drug-likeness (QED) is 0.661. The summed E-state index contributed by atoms with van der Waals surface area (Å²) in [7, 11) is 1.68. The molecule has 0 radical (unpaired) electrons. The molecule has 0 amide bonds. The van der Waals surface area contributed by atoms with Crippen LogP contribution in [0.4, 0.5) is 0 Å². The SMILES string of the molecule is COc1ccc2[nH]c3sncc3c2c1. The lowest BCUT2D eigenvalue weighted by Gasteiger charge is -1.97. The van der Waals surface area contributed by atoms with Crippen LogP contribution in [0.15, 0.2) is 24.4 Å². The van der Waals surface area contributed by atoms with Crippen molar-refractivity contribution in [1.29, 1.82) is 0 Å². The number of hydrogen-bond acceptors (Lipinski definition) is 3. The second-order valence-corrected chi connectivity index (χ2v) is 3.91. The standard InChI is InChI=1S/C10H8N2OS/c1-13-6-2-3-9-7(4-6)8-5-11-14-10(8)12-9/h2-5,12H,1H3. The lowest BCUT2D eigenvalue weighted by Crippen LogP contribution is -1.80. The molecule has 0 spiro atoms. The van der Waals surface area contributed by atoms with E-state index in [4.69, 9.17) is 4.74 Å². The molecule has 0 atom stereocenters. The molecule has 14 heavy (non-hydrogen) atoms. The topological polar surface area (TPSA) is 37.9 Å². The van der Waals surface area contributed by atoms with Crippen LogP contribution in [0.25, 0.3) is 21.1 Å². The Morgan fingerprint density at radius 3 is 3.14 bits per heavy atom. The zero-order valence-corrected chi connectivity index (χ0v) is 8.39. The summed E-state index contributed by atoms with van der Waals surface area (Å²) in [6, 6.07) is 6.01. The van der Waals surface area contributed by atoms with Gasteiger partial charge in [0.25, 0.3) is 0 Å². The zero-order chi connectivity index (χ0) is 9.54. The van der Waals surface area contributed by atoms with Crippen molar-refractivity contribution in [2.75, 3.05) is 7.11 Å². The maximum absolute atomic E-state index is 5.19. The third-order valence-corrected chi connectivity index (χ3v) is 3.05. The molecule has 3 rings (SSSR count). The number of ether oxygens (including phenoxy) is 1. The van der Waals surface area contributed by atoms with Crippen LogP contribution in [0, 0.1) is 0 Å². The summed E-state index contributed by atoms with van der Waals surface area (Å²) in [6.45, 7) is 0. The molecule has 1 aromatic carbocycles. The van der Waals surface area contributed by atoms with E-state index >= 15 is 0 Å². The number of methoxy groups -OCH3 is 1. The molecule has 0 bridgehead atoms. The Hall–Kier alpha value is -1.55. The third-order valence-electron chi connectivity index (χ3n) is 2.34. The van der Waals surface area contributed by atoms with Gasteiger partial charge in [-0.3, -0.25) is 0 Å². The van der Waals surface area contributed by atoms with Gasteiger partial charge in [0.15, 0.2) is 0 Å². The van der Waals surface area contributed by atoms with Crippen LogP contribution in [-0.2, 0) is 0 Å². The second-order valence-electron chi connectivity index (χ2n) is 3.11. The number of nitrogens with zero attached hydrogens (tertiary/aromatic N) is 1. The van der Waals surface area contributed by atoms with Crippen molar-refractivity contribution in [3.05, 3.63) is 24.4 Å². The summed E-state index contributed by atoms with van der Waals surface area (Å²) in [5.74, 6) is 0.879. The molecule has 0 aliphatic carbocycles. The largest absolute Gasteiger partial charge is 0.497 e. The maximum atomic E-state index is 5.19. The number of fused-ring (bicyclic) bond motifs is 3. The van der Waals surface area contributed by atoms with Gasteiger partial charge in [-0.25, -0.2) is 0 Å². The minimum Gasteiger partial charge on any atom is -0.497 e. The molecule has 0 aliphatic heterocycles. The van der Waals surface area contributed by atoms with E-state index in [1.54, 1.807) is 7.11 Å². The summed E-state index contributed by atoms with van der Waals surface area (Å²) in [5.41, 5.74) is 1.13. The van der Waals surface area contributed by atoms with E-state index in [1.165, 1.54) is 22.3 Å². The van der Waals surface area contributed by atoms with Gasteiger partial charge in [0.1, 0.15) is 10.6 Å². The molecular formula is C10H8N2OS. The summed E-state index contributed by atoms with van der Waals surface area (Å²) < 4.78 is 9.32. The van der Waals surface area contributed by atoms with Gasteiger partial charge in [-0.05, 0) is 29.7 Å². The van der Waals surface area contributed by atoms with Gasteiger partial charge in [0, 0.05) is 16.3 Å². The monoisotopic (exact) mass is 204 g/mol. The van der Waals surface area contributed by atoms with Crippen molar-refractivity contribution in [2.45, 2.75) is 0 Å². The molecule has 3 nitrogen and oxygen atoms in total. The van der Waals surface area contributed by atoms with E-state index < -0.39 is 0 Å². The Balaban J connectivity index is 2.46. The smallest absolute Gasteiger partial charge is 0.121 e. The molecule has 1 N–H and O–H groups in total. The van der Waals surface area contributed by atoms with Gasteiger partial charge in [0.2, 0.25) is 0 Å². The van der Waals surface area contributed by atoms with Crippen LogP contribution in [0.3, 0.4) is 0 Å². The first-order valence-corrected chi connectivity index (χ1v) is 5.06. The molecule has 0 unspecified atom stereocenters. The number of aromatic amines is 1. The van der Waals surface area contributed by atoms with Crippen molar-refractivity contribution in [3.8, 4) is 5.75 Å². The van der Waals surface area contributed by atoms with Crippen LogP contribution in [-0.4, -0.2) is 16.5 Å². The average molecular weight is 204 g/mol. The fourth-order valence-electron chi connectivity index (χ4n) is 1.63. The fourth-order valence-corrected chi connectivity index (χ4v) is 2.31. The molecule has 4 heteroatoms. The molecule has 0 fully saturated rings. The average Bonchev–Trinajstić information content (AvgIpc) is 2.76. The van der Waals surface area contributed by atoms with Crippen LogP contribution in [0.1, 0.15) is 0 Å². The van der Waals surface area contributed by atoms with Crippen molar-refractivity contribution < 1.29 is 4.74 Å². The fraction of sp³-hybridized carbons (Fsp3) is 0.100. The third kappa shape index (κ3) is 0.943. The van der Waals surface area contributed by atoms with Gasteiger partial charge in [-0.15, -0.1) is 0 Å². The molecule has 0 saturated carbocycles. The summed E-state index contributed by atoms with van der Waals surface area (Å²) in [5, 5.41) is 2.34. The maximum Gasteiger partial charge on any atom is 0.121 e. The van der Waals surface area contributed by atoms with E-state index in [0.717, 1.165) is 16.1 Å². The minimum atomic E-state index is 0.879. The Bertz CT molecular complexity index is 596. The number of nitrogens with one attached hydrogen (secondary N) is 1. The molecule has 2 heterocycles. The van der Waals surface area contributed by atoms with Gasteiger partial charge in [-0.2, -0.15) is 4.37 Å². The summed E-state index contributed by atoms with van der Waals surface area (Å²) in [4.78, 5) is 4.43. The highest BCUT2D eigenvalue weighted by molar-refractivity contribution is 7.13. The lowest BCUT2D eigenvalue weighted by atomic mass is 10.2. The molecule has 3 aromatic rings. The van der Waals surface area contributed by atoms with E-state index in [0.29, 0.717) is 0 Å². The first-order valence-electron chi connectivity index (χ1n) is 4.28. The first-order chi connectivity index (χ1) is 6.88. The number of H-pyrrole nitrogens is 1. The molecule has 0 aliphatic rings. The Morgan fingerprint density at radius 1 is 1.36 bits per heavy atom. The van der Waals surface area contributed by atoms with E-state index in [9.17, 15) is 0 Å². The Kier molecular flexibility index (Phi) is 1.52. The number of aromatic nitrogens is 2. The number of hydrogen-bond donors (Lipinski definition) is 1. The Morgan fingerprint density at radius 2 is 2.29 bits per heavy atom. The van der Waals surface area contributed by atoms with E-state index in [2.05, 4.69) is 9.36 Å². The highest BCUT2D eigenvalue weighted by atomic mass is 32.1. The van der Waals surface area contributed by atoms with E-state index in [1.807, 2.05) is 24.4 Å². The van der Waals surface area contributed by atoms with Gasteiger partial charge >= 0.3 is 0 Å². The molecule has 0 saturated heterocycles. The number of benzene rings is 1.